The molecule has 1 saturated carbocycles. The van der Waals surface area contributed by atoms with Crippen LogP contribution < -0.4 is 16.5 Å². The number of amides is 1. The molecule has 0 saturated heterocycles. The second-order valence-electron chi connectivity index (χ2n) is 5.88. The van der Waals surface area contributed by atoms with Gasteiger partial charge in [-0.05, 0) is 44.2 Å². The molecule has 0 radical (unpaired) electrons. The molecule has 116 valence electrons. The molecule has 0 bridgehead atoms. The summed E-state index contributed by atoms with van der Waals surface area (Å²) in [5.74, 6) is 1.51. The number of hydrogen-bond donors (Lipinski definition) is 3. The summed E-state index contributed by atoms with van der Waals surface area (Å²) < 4.78 is 0. The van der Waals surface area contributed by atoms with Crippen molar-refractivity contribution < 1.29 is 4.79 Å². The van der Waals surface area contributed by atoms with E-state index >= 15 is 0 Å². The van der Waals surface area contributed by atoms with E-state index in [1.165, 1.54) is 0 Å². The molecule has 1 amide bonds. The molecule has 0 aliphatic heterocycles. The van der Waals surface area contributed by atoms with Crippen LogP contribution in [-0.4, -0.2) is 36.5 Å². The smallest absolute Gasteiger partial charge is 0.227 e. The van der Waals surface area contributed by atoms with Gasteiger partial charge in [0.15, 0.2) is 0 Å². The number of aromatic nitrogens is 1. The molecule has 6 heteroatoms. The van der Waals surface area contributed by atoms with Crippen LogP contribution in [0.1, 0.15) is 25.7 Å². The Labute approximate surface area is 126 Å². The number of carbonyl (C=O) groups excluding carboxylic acids is 1. The molecule has 1 aliphatic rings. The SMILES string of the molecule is CN(C)Nc1cc(NC(=O)C2CCC(CN)CC2)ccn1. The van der Waals surface area contributed by atoms with Gasteiger partial charge in [-0.2, -0.15) is 0 Å². The standard InChI is InChI=1S/C15H25N5O/c1-20(2)19-14-9-13(7-8-17-14)18-15(21)12-5-3-11(10-16)4-6-12/h7-9,11-12H,3-6,10,16H2,1-2H3,(H2,17,18,19,21). The van der Waals surface area contributed by atoms with Crippen LogP contribution in [0.25, 0.3) is 0 Å². The number of rotatable bonds is 5. The van der Waals surface area contributed by atoms with Crippen molar-refractivity contribution in [2.45, 2.75) is 25.7 Å². The number of carbonyl (C=O) groups is 1. The molecule has 0 aromatic carbocycles. The van der Waals surface area contributed by atoms with Crippen molar-refractivity contribution in [1.29, 1.82) is 0 Å². The summed E-state index contributed by atoms with van der Waals surface area (Å²) in [5, 5.41) is 4.80. The lowest BCUT2D eigenvalue weighted by molar-refractivity contribution is -0.121. The van der Waals surface area contributed by atoms with Gasteiger partial charge in [0.1, 0.15) is 5.82 Å². The highest BCUT2D eigenvalue weighted by Crippen LogP contribution is 2.29. The third-order valence-corrected chi connectivity index (χ3v) is 3.92. The first-order chi connectivity index (χ1) is 10.1. The van der Waals surface area contributed by atoms with Gasteiger partial charge < -0.3 is 16.5 Å². The highest BCUT2D eigenvalue weighted by atomic mass is 16.1. The minimum absolute atomic E-state index is 0.103. The van der Waals surface area contributed by atoms with Crippen molar-refractivity contribution in [3.8, 4) is 0 Å². The summed E-state index contributed by atoms with van der Waals surface area (Å²) in [6, 6.07) is 3.65. The second-order valence-corrected chi connectivity index (χ2v) is 5.88. The summed E-state index contributed by atoms with van der Waals surface area (Å²) in [6.45, 7) is 0.734. The van der Waals surface area contributed by atoms with E-state index in [1.54, 1.807) is 6.20 Å². The van der Waals surface area contributed by atoms with E-state index in [-0.39, 0.29) is 11.8 Å². The van der Waals surface area contributed by atoms with Crippen LogP contribution in [0, 0.1) is 11.8 Å². The lowest BCUT2D eigenvalue weighted by Crippen LogP contribution is -2.29. The molecule has 0 atom stereocenters. The number of anilines is 2. The van der Waals surface area contributed by atoms with Gasteiger partial charge >= 0.3 is 0 Å². The Kier molecular flexibility index (Phi) is 5.52. The Morgan fingerprint density at radius 3 is 2.71 bits per heavy atom. The normalized spacial score (nSPS) is 22.1. The molecule has 1 aliphatic carbocycles. The lowest BCUT2D eigenvalue weighted by atomic mass is 9.81. The van der Waals surface area contributed by atoms with Gasteiger partial charge in [0.05, 0.1) is 0 Å². The molecule has 1 fully saturated rings. The quantitative estimate of drug-likeness (QED) is 0.719. The van der Waals surface area contributed by atoms with E-state index < -0.39 is 0 Å². The number of hydrogen-bond acceptors (Lipinski definition) is 5. The van der Waals surface area contributed by atoms with Crippen LogP contribution in [0.15, 0.2) is 18.3 Å². The maximum absolute atomic E-state index is 12.3. The van der Waals surface area contributed by atoms with Crippen molar-refractivity contribution >= 4 is 17.4 Å². The summed E-state index contributed by atoms with van der Waals surface area (Å²) >= 11 is 0. The van der Waals surface area contributed by atoms with E-state index in [1.807, 2.05) is 31.2 Å². The summed E-state index contributed by atoms with van der Waals surface area (Å²) in [7, 11) is 3.78. The van der Waals surface area contributed by atoms with Crippen LogP contribution in [-0.2, 0) is 4.79 Å². The fourth-order valence-electron chi connectivity index (χ4n) is 2.70. The Balaban J connectivity index is 1.90. The summed E-state index contributed by atoms with van der Waals surface area (Å²) in [4.78, 5) is 16.5. The number of pyridine rings is 1. The number of hydrazine groups is 1. The number of nitrogens with two attached hydrogens (primary N) is 1. The van der Waals surface area contributed by atoms with Gasteiger partial charge in [-0.15, -0.1) is 0 Å². The first-order valence-electron chi connectivity index (χ1n) is 7.49. The van der Waals surface area contributed by atoms with Crippen molar-refractivity contribution in [3.63, 3.8) is 0 Å². The van der Waals surface area contributed by atoms with Gasteiger partial charge in [-0.1, -0.05) is 0 Å². The Morgan fingerprint density at radius 1 is 1.38 bits per heavy atom. The van der Waals surface area contributed by atoms with Gasteiger partial charge in [-0.3, -0.25) is 4.79 Å². The molecule has 1 heterocycles. The van der Waals surface area contributed by atoms with Crippen molar-refractivity contribution in [3.05, 3.63) is 18.3 Å². The van der Waals surface area contributed by atoms with Crippen LogP contribution in [0.2, 0.25) is 0 Å². The molecule has 2 rings (SSSR count). The van der Waals surface area contributed by atoms with Crippen LogP contribution in [0.4, 0.5) is 11.5 Å². The molecule has 1 aromatic heterocycles. The largest absolute Gasteiger partial charge is 0.330 e. The molecule has 0 unspecified atom stereocenters. The highest BCUT2D eigenvalue weighted by Gasteiger charge is 2.25. The van der Waals surface area contributed by atoms with Gasteiger partial charge in [-0.25, -0.2) is 9.99 Å². The minimum atomic E-state index is 0.103. The van der Waals surface area contributed by atoms with E-state index in [0.717, 1.165) is 37.9 Å². The third kappa shape index (κ3) is 4.68. The number of nitrogens with zero attached hydrogens (tertiary/aromatic N) is 2. The zero-order chi connectivity index (χ0) is 15.2. The van der Waals surface area contributed by atoms with Crippen molar-refractivity contribution in [1.82, 2.24) is 9.99 Å². The van der Waals surface area contributed by atoms with E-state index in [0.29, 0.717) is 11.7 Å². The zero-order valence-electron chi connectivity index (χ0n) is 12.8. The Hall–Kier alpha value is -1.66. The van der Waals surface area contributed by atoms with Gasteiger partial charge in [0, 0.05) is 38.0 Å². The fourth-order valence-corrected chi connectivity index (χ4v) is 2.70. The van der Waals surface area contributed by atoms with Crippen molar-refractivity contribution in [2.24, 2.45) is 17.6 Å². The summed E-state index contributed by atoms with van der Waals surface area (Å²) in [5.41, 5.74) is 9.53. The summed E-state index contributed by atoms with van der Waals surface area (Å²) in [6.07, 6.45) is 5.66. The average molecular weight is 291 g/mol. The van der Waals surface area contributed by atoms with Crippen molar-refractivity contribution in [2.75, 3.05) is 31.4 Å². The maximum atomic E-state index is 12.3. The first-order valence-corrected chi connectivity index (χ1v) is 7.49. The predicted octanol–water partition coefficient (Wildman–Crippen LogP) is 1.67. The lowest BCUT2D eigenvalue weighted by Gasteiger charge is -2.26. The molecule has 6 nitrogen and oxygen atoms in total. The van der Waals surface area contributed by atoms with Gasteiger partial charge in [0.25, 0.3) is 0 Å². The topological polar surface area (TPSA) is 83.3 Å². The average Bonchev–Trinajstić information content (AvgIpc) is 2.47. The van der Waals surface area contributed by atoms with Crippen LogP contribution >= 0.6 is 0 Å². The zero-order valence-corrected chi connectivity index (χ0v) is 12.8. The molecular formula is C15H25N5O. The molecule has 21 heavy (non-hydrogen) atoms. The van der Waals surface area contributed by atoms with Crippen LogP contribution in [0.3, 0.4) is 0 Å². The first kappa shape index (κ1) is 15.7. The Bertz CT molecular complexity index is 469. The fraction of sp³-hybridized carbons (Fsp3) is 0.600. The van der Waals surface area contributed by atoms with E-state index in [2.05, 4.69) is 15.7 Å². The van der Waals surface area contributed by atoms with Gasteiger partial charge in [0.2, 0.25) is 5.91 Å². The monoisotopic (exact) mass is 291 g/mol. The predicted molar refractivity (Wildman–Crippen MR) is 84.7 cm³/mol. The third-order valence-electron chi connectivity index (χ3n) is 3.92. The molecule has 0 spiro atoms. The Morgan fingerprint density at radius 2 is 2.10 bits per heavy atom. The van der Waals surface area contributed by atoms with E-state index in [4.69, 9.17) is 5.73 Å². The second kappa shape index (κ2) is 7.38. The highest BCUT2D eigenvalue weighted by molar-refractivity contribution is 5.92. The minimum Gasteiger partial charge on any atom is -0.330 e. The van der Waals surface area contributed by atoms with E-state index in [9.17, 15) is 4.79 Å². The number of nitrogens with one attached hydrogen (secondary N) is 2. The molecule has 1 aromatic rings. The van der Waals surface area contributed by atoms with Crippen LogP contribution in [0.5, 0.6) is 0 Å². The molecular weight excluding hydrogens is 266 g/mol. The maximum Gasteiger partial charge on any atom is 0.227 e. The molecule has 4 N–H and O–H groups in total.